The van der Waals surface area contributed by atoms with Crippen LogP contribution in [0.1, 0.15) is 47.0 Å². The lowest BCUT2D eigenvalue weighted by Gasteiger charge is -2.32. The summed E-state index contributed by atoms with van der Waals surface area (Å²) in [6, 6.07) is 0. The van der Waals surface area contributed by atoms with Crippen LogP contribution in [-0.2, 0) is 0 Å². The smallest absolute Gasteiger partial charge is 0.0558 e. The van der Waals surface area contributed by atoms with Gasteiger partial charge >= 0.3 is 0 Å². The fourth-order valence-electron chi connectivity index (χ4n) is 2.06. The first kappa shape index (κ1) is 16.9. The first-order chi connectivity index (χ1) is 8.05. The zero-order chi connectivity index (χ0) is 13.1. The Balaban J connectivity index is 4.01. The molecule has 0 radical (unpaired) electrons. The molecular weight excluding hydrogens is 212 g/mol. The third-order valence-corrected chi connectivity index (χ3v) is 2.93. The second kappa shape index (κ2) is 9.86. The summed E-state index contributed by atoms with van der Waals surface area (Å²) >= 11 is 0. The summed E-state index contributed by atoms with van der Waals surface area (Å²) in [7, 11) is 0. The van der Waals surface area contributed by atoms with Gasteiger partial charge in [-0.15, -0.1) is 0 Å². The molecule has 0 aromatic rings. The lowest BCUT2D eigenvalue weighted by molar-refractivity contribution is 0.140. The second-order valence-corrected chi connectivity index (χ2v) is 5.69. The molecule has 3 nitrogen and oxygen atoms in total. The fourth-order valence-corrected chi connectivity index (χ4v) is 2.06. The van der Waals surface area contributed by atoms with Crippen LogP contribution in [-0.4, -0.2) is 49.3 Å². The van der Waals surface area contributed by atoms with E-state index in [1.807, 2.05) is 0 Å². The van der Waals surface area contributed by atoms with Crippen LogP contribution >= 0.6 is 0 Å². The molecule has 0 aromatic carbocycles. The molecule has 0 saturated heterocycles. The van der Waals surface area contributed by atoms with Crippen molar-refractivity contribution in [3.63, 3.8) is 0 Å². The van der Waals surface area contributed by atoms with Gasteiger partial charge < -0.3 is 15.3 Å². The topological polar surface area (TPSA) is 35.5 Å². The molecule has 0 aromatic heterocycles. The van der Waals surface area contributed by atoms with E-state index in [9.17, 15) is 0 Å². The van der Waals surface area contributed by atoms with Crippen LogP contribution in [0.4, 0.5) is 0 Å². The summed E-state index contributed by atoms with van der Waals surface area (Å²) < 4.78 is 0. The number of hydrogen-bond acceptors (Lipinski definition) is 3. The summed E-state index contributed by atoms with van der Waals surface area (Å²) in [6.07, 6.45) is 3.63. The van der Waals surface area contributed by atoms with Crippen molar-refractivity contribution in [1.82, 2.24) is 10.2 Å². The van der Waals surface area contributed by atoms with Gasteiger partial charge in [0.05, 0.1) is 6.61 Å². The Morgan fingerprint density at radius 2 is 1.82 bits per heavy atom. The SMILES string of the molecule is CCCCN(CCO)CC(C)(C)CNCCC. The highest BCUT2D eigenvalue weighted by Gasteiger charge is 2.20. The maximum atomic E-state index is 9.09. The number of aliphatic hydroxyl groups excluding tert-OH is 1. The average molecular weight is 244 g/mol. The number of nitrogens with one attached hydrogen (secondary N) is 1. The molecular formula is C14H32N2O. The van der Waals surface area contributed by atoms with E-state index in [0.29, 0.717) is 0 Å². The Labute approximate surface area is 108 Å². The molecule has 0 fully saturated rings. The Bertz CT molecular complexity index is 172. The van der Waals surface area contributed by atoms with Crippen molar-refractivity contribution in [3.05, 3.63) is 0 Å². The van der Waals surface area contributed by atoms with Gasteiger partial charge in [-0.1, -0.05) is 34.1 Å². The predicted molar refractivity (Wildman–Crippen MR) is 75.4 cm³/mol. The van der Waals surface area contributed by atoms with Gasteiger partial charge in [-0.3, -0.25) is 0 Å². The van der Waals surface area contributed by atoms with Crippen molar-refractivity contribution in [2.75, 3.05) is 39.3 Å². The van der Waals surface area contributed by atoms with Crippen molar-refractivity contribution >= 4 is 0 Å². The summed E-state index contributed by atoms with van der Waals surface area (Å²) in [5.74, 6) is 0. The molecule has 3 heteroatoms. The highest BCUT2D eigenvalue weighted by atomic mass is 16.3. The summed E-state index contributed by atoms with van der Waals surface area (Å²) in [4.78, 5) is 2.39. The number of aliphatic hydroxyl groups is 1. The molecule has 2 N–H and O–H groups in total. The molecule has 0 aliphatic rings. The molecule has 0 bridgehead atoms. The molecule has 17 heavy (non-hydrogen) atoms. The maximum absolute atomic E-state index is 9.09. The van der Waals surface area contributed by atoms with E-state index in [1.54, 1.807) is 0 Å². The van der Waals surface area contributed by atoms with Gasteiger partial charge in [-0.25, -0.2) is 0 Å². The third-order valence-electron chi connectivity index (χ3n) is 2.93. The molecule has 0 aliphatic heterocycles. The molecule has 0 atom stereocenters. The number of hydrogen-bond donors (Lipinski definition) is 2. The monoisotopic (exact) mass is 244 g/mol. The Kier molecular flexibility index (Phi) is 9.79. The van der Waals surface area contributed by atoms with E-state index in [2.05, 4.69) is 37.9 Å². The van der Waals surface area contributed by atoms with Gasteiger partial charge in [-0.2, -0.15) is 0 Å². The van der Waals surface area contributed by atoms with Crippen molar-refractivity contribution in [1.29, 1.82) is 0 Å². The fraction of sp³-hybridized carbons (Fsp3) is 1.00. The average Bonchev–Trinajstić information content (AvgIpc) is 2.26. The van der Waals surface area contributed by atoms with Crippen LogP contribution in [0.15, 0.2) is 0 Å². The van der Waals surface area contributed by atoms with Crippen LogP contribution in [0.25, 0.3) is 0 Å². The van der Waals surface area contributed by atoms with Crippen molar-refractivity contribution < 1.29 is 5.11 Å². The highest BCUT2D eigenvalue weighted by Crippen LogP contribution is 2.16. The summed E-state index contributed by atoms with van der Waals surface area (Å²) in [5, 5.41) is 12.6. The Morgan fingerprint density at radius 1 is 1.12 bits per heavy atom. The summed E-state index contributed by atoms with van der Waals surface area (Å²) in [6.45, 7) is 14.4. The van der Waals surface area contributed by atoms with E-state index in [-0.39, 0.29) is 12.0 Å². The molecule has 0 amide bonds. The number of rotatable bonds is 11. The Morgan fingerprint density at radius 3 is 2.35 bits per heavy atom. The van der Waals surface area contributed by atoms with Gasteiger partial charge in [-0.05, 0) is 31.3 Å². The second-order valence-electron chi connectivity index (χ2n) is 5.69. The van der Waals surface area contributed by atoms with Crippen LogP contribution in [0.2, 0.25) is 0 Å². The predicted octanol–water partition coefficient (Wildman–Crippen LogP) is 2.11. The molecule has 104 valence electrons. The van der Waals surface area contributed by atoms with Crippen molar-refractivity contribution in [2.45, 2.75) is 47.0 Å². The molecule has 0 saturated carbocycles. The Hall–Kier alpha value is -0.120. The standard InChI is InChI=1S/C14H32N2O/c1-5-7-9-16(10-11-17)13-14(3,4)12-15-8-6-2/h15,17H,5-13H2,1-4H3. The van der Waals surface area contributed by atoms with Gasteiger partial charge in [0.2, 0.25) is 0 Å². The lowest BCUT2D eigenvalue weighted by atomic mass is 9.92. The molecule has 0 aliphatic carbocycles. The van der Waals surface area contributed by atoms with E-state index in [4.69, 9.17) is 5.11 Å². The molecule has 0 heterocycles. The number of nitrogens with zero attached hydrogens (tertiary/aromatic N) is 1. The minimum atomic E-state index is 0.266. The van der Waals surface area contributed by atoms with Crippen LogP contribution in [0.3, 0.4) is 0 Å². The summed E-state index contributed by atoms with van der Waals surface area (Å²) in [5.41, 5.74) is 0.276. The molecule has 0 rings (SSSR count). The van der Waals surface area contributed by atoms with E-state index in [0.717, 1.165) is 32.7 Å². The van der Waals surface area contributed by atoms with Crippen LogP contribution in [0.5, 0.6) is 0 Å². The van der Waals surface area contributed by atoms with Crippen LogP contribution < -0.4 is 5.32 Å². The number of unbranched alkanes of at least 4 members (excludes halogenated alkanes) is 1. The van der Waals surface area contributed by atoms with E-state index >= 15 is 0 Å². The minimum absolute atomic E-state index is 0.266. The van der Waals surface area contributed by atoms with E-state index in [1.165, 1.54) is 19.3 Å². The zero-order valence-electron chi connectivity index (χ0n) is 12.3. The third kappa shape index (κ3) is 9.57. The van der Waals surface area contributed by atoms with Crippen LogP contribution in [0, 0.1) is 5.41 Å². The normalized spacial score (nSPS) is 12.4. The minimum Gasteiger partial charge on any atom is -0.395 e. The zero-order valence-corrected chi connectivity index (χ0v) is 12.3. The van der Waals surface area contributed by atoms with Gasteiger partial charge in [0.25, 0.3) is 0 Å². The largest absolute Gasteiger partial charge is 0.395 e. The van der Waals surface area contributed by atoms with Crippen molar-refractivity contribution in [2.24, 2.45) is 5.41 Å². The molecule has 0 spiro atoms. The lowest BCUT2D eigenvalue weighted by Crippen LogP contribution is -2.42. The highest BCUT2D eigenvalue weighted by molar-refractivity contribution is 4.76. The van der Waals surface area contributed by atoms with Crippen molar-refractivity contribution in [3.8, 4) is 0 Å². The van der Waals surface area contributed by atoms with Gasteiger partial charge in [0, 0.05) is 19.6 Å². The van der Waals surface area contributed by atoms with Gasteiger partial charge in [0.15, 0.2) is 0 Å². The van der Waals surface area contributed by atoms with Gasteiger partial charge in [0.1, 0.15) is 0 Å². The molecule has 0 unspecified atom stereocenters. The first-order valence-corrected chi connectivity index (χ1v) is 7.09. The van der Waals surface area contributed by atoms with E-state index < -0.39 is 0 Å². The quantitative estimate of drug-likeness (QED) is 0.546. The first-order valence-electron chi connectivity index (χ1n) is 7.09. The maximum Gasteiger partial charge on any atom is 0.0558 e.